The maximum Gasteiger partial charge on any atom is 0.118 e. The molecule has 2 saturated carbocycles. The second kappa shape index (κ2) is 4.73. The van der Waals surface area contributed by atoms with Gasteiger partial charge in [0.1, 0.15) is 5.54 Å². The molecule has 0 spiro atoms. The van der Waals surface area contributed by atoms with E-state index in [1.807, 2.05) is 0 Å². The van der Waals surface area contributed by atoms with Gasteiger partial charge in [-0.15, -0.1) is 0 Å². The van der Waals surface area contributed by atoms with Gasteiger partial charge in [0.05, 0.1) is 12.7 Å². The third-order valence-electron chi connectivity index (χ3n) is 3.08. The van der Waals surface area contributed by atoms with Crippen molar-refractivity contribution in [3.05, 3.63) is 0 Å². The molecule has 0 heterocycles. The molecule has 2 N–H and O–H groups in total. The zero-order chi connectivity index (χ0) is 10.7. The highest BCUT2D eigenvalue weighted by Gasteiger charge is 2.47. The molecule has 0 aromatic carbocycles. The van der Waals surface area contributed by atoms with Crippen LogP contribution in [-0.2, 0) is 0 Å². The van der Waals surface area contributed by atoms with E-state index in [1.54, 1.807) is 11.8 Å². The summed E-state index contributed by atoms with van der Waals surface area (Å²) in [7, 11) is 0. The van der Waals surface area contributed by atoms with Crippen molar-refractivity contribution in [3.63, 3.8) is 0 Å². The van der Waals surface area contributed by atoms with E-state index in [9.17, 15) is 5.26 Å². The van der Waals surface area contributed by atoms with Gasteiger partial charge in [-0.1, -0.05) is 0 Å². The van der Waals surface area contributed by atoms with Gasteiger partial charge in [-0.3, -0.25) is 5.32 Å². The Morgan fingerprint density at radius 3 is 2.60 bits per heavy atom. The standard InChI is InChI=1S/C11H18N2OS/c12-7-11(9-1-2-9,8-15-6-5-14)13-10-3-4-10/h9-10,13-14H,1-6,8H2. The molecule has 0 amide bonds. The smallest absolute Gasteiger partial charge is 0.118 e. The molecule has 15 heavy (non-hydrogen) atoms. The van der Waals surface area contributed by atoms with Crippen molar-refractivity contribution >= 4 is 11.8 Å². The molecule has 0 aromatic heterocycles. The minimum absolute atomic E-state index is 0.209. The van der Waals surface area contributed by atoms with E-state index in [0.717, 1.165) is 11.5 Å². The summed E-state index contributed by atoms with van der Waals surface area (Å²) in [5.74, 6) is 2.11. The lowest BCUT2D eigenvalue weighted by atomic mass is 9.97. The van der Waals surface area contributed by atoms with Crippen LogP contribution in [0.4, 0.5) is 0 Å². The third-order valence-corrected chi connectivity index (χ3v) is 4.21. The van der Waals surface area contributed by atoms with Crippen molar-refractivity contribution < 1.29 is 5.11 Å². The molecular weight excluding hydrogens is 208 g/mol. The second-order valence-electron chi connectivity index (χ2n) is 4.55. The molecule has 3 nitrogen and oxygen atoms in total. The number of aliphatic hydroxyl groups is 1. The lowest BCUT2D eigenvalue weighted by Crippen LogP contribution is -2.49. The normalized spacial score (nSPS) is 24.5. The minimum Gasteiger partial charge on any atom is -0.396 e. The largest absolute Gasteiger partial charge is 0.396 e. The summed E-state index contributed by atoms with van der Waals surface area (Å²) in [6.45, 7) is 0.209. The lowest BCUT2D eigenvalue weighted by molar-refractivity contribution is 0.322. The summed E-state index contributed by atoms with van der Waals surface area (Å²) in [6.07, 6.45) is 4.82. The zero-order valence-electron chi connectivity index (χ0n) is 8.91. The van der Waals surface area contributed by atoms with E-state index in [-0.39, 0.29) is 12.1 Å². The number of nitrogens with zero attached hydrogens (tertiary/aromatic N) is 1. The first-order valence-electron chi connectivity index (χ1n) is 5.68. The quantitative estimate of drug-likeness (QED) is 0.639. The lowest BCUT2D eigenvalue weighted by Gasteiger charge is -2.27. The van der Waals surface area contributed by atoms with Crippen molar-refractivity contribution in [2.45, 2.75) is 37.3 Å². The molecule has 0 radical (unpaired) electrons. The van der Waals surface area contributed by atoms with Crippen LogP contribution < -0.4 is 5.32 Å². The van der Waals surface area contributed by atoms with E-state index in [2.05, 4.69) is 11.4 Å². The van der Waals surface area contributed by atoms with Gasteiger partial charge in [0.15, 0.2) is 0 Å². The van der Waals surface area contributed by atoms with E-state index in [1.165, 1.54) is 25.7 Å². The minimum atomic E-state index is -0.305. The van der Waals surface area contributed by atoms with Crippen LogP contribution in [0.5, 0.6) is 0 Å². The first-order valence-corrected chi connectivity index (χ1v) is 6.84. The number of nitriles is 1. The summed E-state index contributed by atoms with van der Waals surface area (Å²) in [6, 6.07) is 3.08. The molecule has 1 atom stereocenters. The second-order valence-corrected chi connectivity index (χ2v) is 5.66. The van der Waals surface area contributed by atoms with Crippen molar-refractivity contribution in [1.29, 1.82) is 5.26 Å². The Morgan fingerprint density at radius 2 is 2.13 bits per heavy atom. The van der Waals surface area contributed by atoms with E-state index < -0.39 is 0 Å². The van der Waals surface area contributed by atoms with Gasteiger partial charge in [0.2, 0.25) is 0 Å². The Balaban J connectivity index is 1.89. The molecule has 0 saturated heterocycles. The first kappa shape index (κ1) is 11.3. The van der Waals surface area contributed by atoms with Gasteiger partial charge in [0.25, 0.3) is 0 Å². The summed E-state index contributed by atoms with van der Waals surface area (Å²) in [5.41, 5.74) is -0.305. The molecule has 84 valence electrons. The Labute approximate surface area is 95.2 Å². The van der Waals surface area contributed by atoms with Crippen LogP contribution in [0.25, 0.3) is 0 Å². The summed E-state index contributed by atoms with van der Waals surface area (Å²) < 4.78 is 0. The van der Waals surface area contributed by atoms with Crippen LogP contribution in [0.2, 0.25) is 0 Å². The van der Waals surface area contributed by atoms with Gasteiger partial charge in [-0.2, -0.15) is 17.0 Å². The molecule has 0 aliphatic heterocycles. The Kier molecular flexibility index (Phi) is 3.55. The average Bonchev–Trinajstić information content (AvgIpc) is 3.09. The van der Waals surface area contributed by atoms with Crippen LogP contribution in [0.15, 0.2) is 0 Å². The van der Waals surface area contributed by atoms with Crippen LogP contribution in [0.3, 0.4) is 0 Å². The number of nitrogens with one attached hydrogen (secondary N) is 1. The van der Waals surface area contributed by atoms with E-state index in [0.29, 0.717) is 12.0 Å². The molecule has 0 bridgehead atoms. The van der Waals surface area contributed by atoms with Crippen molar-refractivity contribution in [1.82, 2.24) is 5.32 Å². The molecule has 2 rings (SSSR count). The highest BCUT2D eigenvalue weighted by atomic mass is 32.2. The number of thioether (sulfide) groups is 1. The van der Waals surface area contributed by atoms with Crippen molar-refractivity contribution in [3.8, 4) is 6.07 Å². The highest BCUT2D eigenvalue weighted by molar-refractivity contribution is 7.99. The molecule has 2 fully saturated rings. The predicted molar refractivity (Wildman–Crippen MR) is 61.6 cm³/mol. The number of rotatable bonds is 7. The Hall–Kier alpha value is -0.240. The molecule has 2 aliphatic rings. The van der Waals surface area contributed by atoms with E-state index >= 15 is 0 Å². The molecule has 4 heteroatoms. The highest BCUT2D eigenvalue weighted by Crippen LogP contribution is 2.42. The fourth-order valence-electron chi connectivity index (χ4n) is 1.90. The topological polar surface area (TPSA) is 56.0 Å². The average molecular weight is 226 g/mol. The Bertz CT molecular complexity index is 258. The maximum absolute atomic E-state index is 9.37. The molecule has 2 aliphatic carbocycles. The van der Waals surface area contributed by atoms with Crippen LogP contribution in [0.1, 0.15) is 25.7 Å². The SMILES string of the molecule is N#CC(CSCCO)(NC1CC1)C1CC1. The fraction of sp³-hybridized carbons (Fsp3) is 0.909. The Morgan fingerprint density at radius 1 is 1.40 bits per heavy atom. The predicted octanol–water partition coefficient (Wildman–Crippen LogP) is 1.14. The van der Waals surface area contributed by atoms with Crippen molar-refractivity contribution in [2.24, 2.45) is 5.92 Å². The van der Waals surface area contributed by atoms with E-state index in [4.69, 9.17) is 5.11 Å². The summed E-state index contributed by atoms with van der Waals surface area (Å²) in [4.78, 5) is 0. The summed E-state index contributed by atoms with van der Waals surface area (Å²) in [5, 5.41) is 21.6. The maximum atomic E-state index is 9.37. The van der Waals surface area contributed by atoms with Gasteiger partial charge >= 0.3 is 0 Å². The third kappa shape index (κ3) is 2.87. The molecular formula is C11H18N2OS. The van der Waals surface area contributed by atoms with Crippen LogP contribution in [0, 0.1) is 17.2 Å². The van der Waals surface area contributed by atoms with Crippen LogP contribution >= 0.6 is 11.8 Å². The molecule has 0 aromatic rings. The zero-order valence-corrected chi connectivity index (χ0v) is 9.72. The van der Waals surface area contributed by atoms with Crippen molar-refractivity contribution in [2.75, 3.05) is 18.1 Å². The van der Waals surface area contributed by atoms with Gasteiger partial charge < -0.3 is 5.11 Å². The van der Waals surface area contributed by atoms with Crippen LogP contribution in [-0.4, -0.2) is 34.8 Å². The fourth-order valence-corrected chi connectivity index (χ4v) is 2.88. The van der Waals surface area contributed by atoms with Gasteiger partial charge in [-0.05, 0) is 31.6 Å². The monoisotopic (exact) mass is 226 g/mol. The number of aliphatic hydroxyl groups excluding tert-OH is 1. The first-order chi connectivity index (χ1) is 7.30. The molecule has 1 unspecified atom stereocenters. The summed E-state index contributed by atoms with van der Waals surface area (Å²) >= 11 is 1.69. The van der Waals surface area contributed by atoms with Gasteiger partial charge in [0, 0.05) is 17.5 Å². The van der Waals surface area contributed by atoms with Gasteiger partial charge in [-0.25, -0.2) is 0 Å². The number of hydrogen-bond acceptors (Lipinski definition) is 4. The number of hydrogen-bond donors (Lipinski definition) is 2.